The topological polar surface area (TPSA) is 35.5 Å². The number of halogens is 1. The molecule has 0 atom stereocenters. The van der Waals surface area contributed by atoms with E-state index in [1.165, 1.54) is 11.3 Å². The third-order valence-electron chi connectivity index (χ3n) is 4.13. The number of aliphatic hydroxyl groups excluding tert-OH is 1. The first-order valence-electron chi connectivity index (χ1n) is 7.95. The van der Waals surface area contributed by atoms with Crippen LogP contribution in [0, 0.1) is 11.8 Å². The monoisotopic (exact) mass is 310 g/mol. The maximum absolute atomic E-state index is 9.27. The van der Waals surface area contributed by atoms with Crippen molar-refractivity contribution in [3.05, 3.63) is 28.8 Å². The zero-order valence-corrected chi connectivity index (χ0v) is 13.9. The van der Waals surface area contributed by atoms with Gasteiger partial charge in [-0.3, -0.25) is 0 Å². The summed E-state index contributed by atoms with van der Waals surface area (Å²) in [5, 5.41) is 13.6. The molecule has 1 fully saturated rings. The van der Waals surface area contributed by atoms with Gasteiger partial charge in [0, 0.05) is 26.2 Å². The van der Waals surface area contributed by atoms with Crippen molar-refractivity contribution in [1.29, 1.82) is 0 Å². The Balaban J connectivity index is 2.07. The lowest BCUT2D eigenvalue weighted by atomic mass is 9.97. The van der Waals surface area contributed by atoms with Crippen LogP contribution in [-0.4, -0.2) is 31.3 Å². The molecule has 0 aliphatic carbocycles. The summed E-state index contributed by atoms with van der Waals surface area (Å²) in [7, 11) is 0. The summed E-state index contributed by atoms with van der Waals surface area (Å²) < 4.78 is 0. The molecule has 1 saturated heterocycles. The first-order chi connectivity index (χ1) is 10.1. The van der Waals surface area contributed by atoms with E-state index in [4.69, 9.17) is 11.6 Å². The normalized spacial score (nSPS) is 16.7. The van der Waals surface area contributed by atoms with E-state index < -0.39 is 0 Å². The van der Waals surface area contributed by atoms with Crippen LogP contribution in [0.4, 0.5) is 5.69 Å². The minimum atomic E-state index is 0.305. The maximum Gasteiger partial charge on any atom is 0.0642 e. The Morgan fingerprint density at radius 1 is 1.33 bits per heavy atom. The minimum absolute atomic E-state index is 0.305. The van der Waals surface area contributed by atoms with Crippen LogP contribution in [0.2, 0.25) is 5.02 Å². The second kappa shape index (κ2) is 8.02. The van der Waals surface area contributed by atoms with Crippen LogP contribution in [0.5, 0.6) is 0 Å². The molecule has 118 valence electrons. The highest BCUT2D eigenvalue weighted by Crippen LogP contribution is 2.33. The van der Waals surface area contributed by atoms with Crippen molar-refractivity contribution in [3.63, 3.8) is 0 Å². The molecule has 2 N–H and O–H groups in total. The molecular weight excluding hydrogens is 284 g/mol. The summed E-state index contributed by atoms with van der Waals surface area (Å²) in [5.74, 6) is 1.10. The van der Waals surface area contributed by atoms with E-state index in [-0.39, 0.29) is 0 Å². The largest absolute Gasteiger partial charge is 0.396 e. The molecule has 1 aliphatic heterocycles. The van der Waals surface area contributed by atoms with E-state index >= 15 is 0 Å². The molecule has 1 aliphatic rings. The molecular formula is C17H27ClN2O. The molecule has 1 aromatic carbocycles. The van der Waals surface area contributed by atoms with E-state index in [2.05, 4.69) is 30.1 Å². The van der Waals surface area contributed by atoms with E-state index in [0.29, 0.717) is 18.4 Å². The fraction of sp³-hybridized carbons (Fsp3) is 0.647. The molecule has 0 spiro atoms. The quantitative estimate of drug-likeness (QED) is 0.846. The highest BCUT2D eigenvalue weighted by atomic mass is 35.5. The third-order valence-corrected chi connectivity index (χ3v) is 4.43. The summed E-state index contributed by atoms with van der Waals surface area (Å²) in [4.78, 5) is 2.38. The smallest absolute Gasteiger partial charge is 0.0642 e. The lowest BCUT2D eigenvalue weighted by Gasteiger charge is -2.34. The van der Waals surface area contributed by atoms with Crippen molar-refractivity contribution < 1.29 is 5.11 Å². The second-order valence-electron chi connectivity index (χ2n) is 6.39. The van der Waals surface area contributed by atoms with E-state index in [9.17, 15) is 5.11 Å². The fourth-order valence-corrected chi connectivity index (χ4v) is 3.21. The van der Waals surface area contributed by atoms with E-state index in [1.54, 1.807) is 0 Å². The zero-order valence-electron chi connectivity index (χ0n) is 13.1. The molecule has 0 unspecified atom stereocenters. The van der Waals surface area contributed by atoms with Crippen molar-refractivity contribution >= 4 is 17.3 Å². The molecule has 0 amide bonds. The van der Waals surface area contributed by atoms with Crippen LogP contribution < -0.4 is 10.2 Å². The predicted molar refractivity (Wildman–Crippen MR) is 90.0 cm³/mol. The number of rotatable bonds is 6. The maximum atomic E-state index is 9.27. The number of nitrogens with one attached hydrogen (secondary N) is 1. The van der Waals surface area contributed by atoms with E-state index in [0.717, 1.165) is 44.0 Å². The van der Waals surface area contributed by atoms with Gasteiger partial charge in [0.05, 0.1) is 10.7 Å². The highest BCUT2D eigenvalue weighted by molar-refractivity contribution is 6.33. The number of nitrogens with zero attached hydrogens (tertiary/aromatic N) is 1. The molecule has 0 bridgehead atoms. The summed E-state index contributed by atoms with van der Waals surface area (Å²) in [5.41, 5.74) is 2.44. The average Bonchev–Trinajstić information content (AvgIpc) is 2.47. The first kappa shape index (κ1) is 16.6. The number of anilines is 1. The first-order valence-corrected chi connectivity index (χ1v) is 8.33. The number of hydrogen-bond acceptors (Lipinski definition) is 3. The third kappa shape index (κ3) is 4.60. The predicted octanol–water partition coefficient (Wildman–Crippen LogP) is 3.29. The molecule has 3 nitrogen and oxygen atoms in total. The summed E-state index contributed by atoms with van der Waals surface area (Å²) in [6, 6.07) is 6.16. The lowest BCUT2D eigenvalue weighted by Crippen LogP contribution is -2.36. The highest BCUT2D eigenvalue weighted by Gasteiger charge is 2.22. The minimum Gasteiger partial charge on any atom is -0.396 e. The average molecular weight is 311 g/mol. The van der Waals surface area contributed by atoms with Crippen molar-refractivity contribution in [2.45, 2.75) is 33.2 Å². The number of aliphatic hydroxyl groups is 1. The number of para-hydroxylation sites is 1. The molecule has 1 aromatic rings. The molecule has 0 aromatic heterocycles. The number of hydrogen-bond donors (Lipinski definition) is 2. The molecule has 0 radical (unpaired) electrons. The van der Waals surface area contributed by atoms with Gasteiger partial charge in [0.25, 0.3) is 0 Å². The van der Waals surface area contributed by atoms with Crippen LogP contribution >= 0.6 is 11.6 Å². The van der Waals surface area contributed by atoms with E-state index in [1.807, 2.05) is 12.1 Å². The molecule has 4 heteroatoms. The van der Waals surface area contributed by atoms with Gasteiger partial charge < -0.3 is 15.3 Å². The van der Waals surface area contributed by atoms with Crippen LogP contribution in [0.3, 0.4) is 0 Å². The van der Waals surface area contributed by atoms with Gasteiger partial charge in [-0.05, 0) is 42.9 Å². The molecule has 21 heavy (non-hydrogen) atoms. The van der Waals surface area contributed by atoms with Gasteiger partial charge in [0.2, 0.25) is 0 Å². The zero-order chi connectivity index (χ0) is 15.2. The van der Waals surface area contributed by atoms with Gasteiger partial charge in [0.15, 0.2) is 0 Å². The summed E-state index contributed by atoms with van der Waals surface area (Å²) in [6.45, 7) is 8.56. The van der Waals surface area contributed by atoms with Gasteiger partial charge in [-0.25, -0.2) is 0 Å². The Hall–Kier alpha value is -0.770. The van der Waals surface area contributed by atoms with Crippen LogP contribution in [0.15, 0.2) is 18.2 Å². The Morgan fingerprint density at radius 2 is 2.05 bits per heavy atom. The van der Waals surface area contributed by atoms with Gasteiger partial charge >= 0.3 is 0 Å². The van der Waals surface area contributed by atoms with Gasteiger partial charge in [-0.2, -0.15) is 0 Å². The van der Waals surface area contributed by atoms with Gasteiger partial charge in [-0.1, -0.05) is 37.6 Å². The summed E-state index contributed by atoms with van der Waals surface area (Å²) >= 11 is 6.46. The van der Waals surface area contributed by atoms with Crippen molar-refractivity contribution in [2.75, 3.05) is 31.1 Å². The standard InChI is InChI=1S/C17H27ClN2O/c1-13(2)10-19-11-15-4-3-5-16(18)17(15)20-8-6-14(12-21)7-9-20/h3-5,13-14,19,21H,6-12H2,1-2H3. The molecule has 2 rings (SSSR count). The summed E-state index contributed by atoms with van der Waals surface area (Å²) in [6.07, 6.45) is 2.08. The van der Waals surface area contributed by atoms with Crippen LogP contribution in [0.25, 0.3) is 0 Å². The van der Waals surface area contributed by atoms with Crippen LogP contribution in [0.1, 0.15) is 32.3 Å². The van der Waals surface area contributed by atoms with Gasteiger partial charge in [-0.15, -0.1) is 0 Å². The van der Waals surface area contributed by atoms with Crippen molar-refractivity contribution in [3.8, 4) is 0 Å². The van der Waals surface area contributed by atoms with Gasteiger partial charge in [0.1, 0.15) is 0 Å². The fourth-order valence-electron chi connectivity index (χ4n) is 2.89. The second-order valence-corrected chi connectivity index (χ2v) is 6.79. The van der Waals surface area contributed by atoms with Crippen LogP contribution in [-0.2, 0) is 6.54 Å². The lowest BCUT2D eigenvalue weighted by molar-refractivity contribution is 0.203. The Bertz CT molecular complexity index is 442. The molecule has 1 heterocycles. The molecule has 0 saturated carbocycles. The Kier molecular flexibility index (Phi) is 6.34. The van der Waals surface area contributed by atoms with Crippen molar-refractivity contribution in [1.82, 2.24) is 5.32 Å². The number of piperidine rings is 1. The Morgan fingerprint density at radius 3 is 2.67 bits per heavy atom. The Labute approximate surface area is 133 Å². The van der Waals surface area contributed by atoms with Crippen molar-refractivity contribution in [2.24, 2.45) is 11.8 Å². The number of benzene rings is 1. The SMILES string of the molecule is CC(C)CNCc1cccc(Cl)c1N1CCC(CO)CC1.